The van der Waals surface area contributed by atoms with Gasteiger partial charge >= 0.3 is 0 Å². The number of rotatable bonds is 4. The molecule has 0 aliphatic heterocycles. The maximum Gasteiger partial charge on any atom is 0.0706 e. The highest BCUT2D eigenvalue weighted by molar-refractivity contribution is 6.19. The fourth-order valence-electron chi connectivity index (χ4n) is 6.89. The number of pyridine rings is 2. The number of aryl methyl sites for hydroxylation is 1. The quantitative estimate of drug-likeness (QED) is 0.205. The molecule has 0 aliphatic carbocycles. The van der Waals surface area contributed by atoms with Gasteiger partial charge in [0.2, 0.25) is 0 Å². The third-order valence-corrected chi connectivity index (χ3v) is 9.23. The predicted octanol–water partition coefficient (Wildman–Crippen LogP) is 11.2. The molecule has 6 aromatic carbocycles. The highest BCUT2D eigenvalue weighted by Gasteiger charge is 2.17. The molecule has 9 aromatic rings. The first-order chi connectivity index (χ1) is 22.7. The molecular weight excluding hydrogens is 558 g/mol. The maximum atomic E-state index is 4.85. The van der Waals surface area contributed by atoms with Crippen molar-refractivity contribution in [1.82, 2.24) is 14.5 Å². The van der Waals surface area contributed by atoms with Crippen molar-refractivity contribution in [3.05, 3.63) is 164 Å². The zero-order chi connectivity index (χ0) is 30.6. The molecule has 0 amide bonds. The third-order valence-electron chi connectivity index (χ3n) is 9.23. The molecule has 0 fully saturated rings. The summed E-state index contributed by atoms with van der Waals surface area (Å²) < 4.78 is 2.42. The van der Waals surface area contributed by atoms with E-state index in [-0.39, 0.29) is 0 Å². The molecule has 0 saturated carbocycles. The van der Waals surface area contributed by atoms with Gasteiger partial charge in [-0.15, -0.1) is 0 Å². The van der Waals surface area contributed by atoms with Gasteiger partial charge in [-0.3, -0.25) is 9.97 Å². The van der Waals surface area contributed by atoms with Crippen LogP contribution in [0.1, 0.15) is 5.56 Å². The van der Waals surface area contributed by atoms with E-state index in [9.17, 15) is 0 Å². The van der Waals surface area contributed by atoms with Crippen LogP contribution in [0.2, 0.25) is 0 Å². The number of aromatic nitrogens is 3. The fraction of sp³-hybridized carbons (Fsp3) is 0.0233. The first kappa shape index (κ1) is 26.4. The van der Waals surface area contributed by atoms with Crippen molar-refractivity contribution < 1.29 is 0 Å². The Labute approximate surface area is 267 Å². The Morgan fingerprint density at radius 2 is 1.17 bits per heavy atom. The van der Waals surface area contributed by atoms with Crippen LogP contribution in [0.25, 0.3) is 82.5 Å². The van der Waals surface area contributed by atoms with E-state index in [1.165, 1.54) is 54.5 Å². The number of benzene rings is 6. The van der Waals surface area contributed by atoms with Crippen molar-refractivity contribution >= 4 is 43.4 Å². The van der Waals surface area contributed by atoms with E-state index < -0.39 is 0 Å². The van der Waals surface area contributed by atoms with E-state index in [4.69, 9.17) is 4.98 Å². The molecular formula is C43H29N3. The second-order valence-corrected chi connectivity index (χ2v) is 12.0. The summed E-state index contributed by atoms with van der Waals surface area (Å²) in [5.74, 6) is 0. The van der Waals surface area contributed by atoms with Gasteiger partial charge in [0.15, 0.2) is 0 Å². The smallest absolute Gasteiger partial charge is 0.0706 e. The average Bonchev–Trinajstić information content (AvgIpc) is 3.46. The molecule has 3 aromatic heterocycles. The van der Waals surface area contributed by atoms with Crippen molar-refractivity contribution in [2.75, 3.05) is 0 Å². The molecule has 0 spiro atoms. The molecule has 0 bridgehead atoms. The van der Waals surface area contributed by atoms with Crippen molar-refractivity contribution in [2.24, 2.45) is 0 Å². The van der Waals surface area contributed by atoms with Crippen LogP contribution >= 0.6 is 0 Å². The largest absolute Gasteiger partial charge is 0.309 e. The molecule has 0 saturated heterocycles. The zero-order valence-corrected chi connectivity index (χ0v) is 25.4. The average molecular weight is 588 g/mol. The summed E-state index contributed by atoms with van der Waals surface area (Å²) in [6.07, 6.45) is 5.69. The van der Waals surface area contributed by atoms with Crippen molar-refractivity contribution in [1.29, 1.82) is 0 Å². The topological polar surface area (TPSA) is 30.7 Å². The normalized spacial score (nSPS) is 11.6. The molecule has 3 nitrogen and oxygen atoms in total. The van der Waals surface area contributed by atoms with E-state index in [0.717, 1.165) is 33.6 Å². The first-order valence-corrected chi connectivity index (χ1v) is 15.6. The van der Waals surface area contributed by atoms with Gasteiger partial charge in [0.05, 0.1) is 16.7 Å². The second-order valence-electron chi connectivity index (χ2n) is 12.0. The minimum Gasteiger partial charge on any atom is -0.309 e. The molecule has 0 atom stereocenters. The van der Waals surface area contributed by atoms with Gasteiger partial charge < -0.3 is 4.57 Å². The molecule has 0 unspecified atom stereocenters. The molecule has 3 heterocycles. The maximum absolute atomic E-state index is 4.85. The Bertz CT molecular complexity index is 2580. The number of hydrogen-bond acceptors (Lipinski definition) is 2. The molecule has 0 N–H and O–H groups in total. The number of nitrogens with zero attached hydrogens (tertiary/aromatic N) is 3. The van der Waals surface area contributed by atoms with Crippen LogP contribution in [0.15, 0.2) is 158 Å². The first-order valence-electron chi connectivity index (χ1n) is 15.6. The lowest BCUT2D eigenvalue weighted by molar-refractivity contribution is 1.19. The van der Waals surface area contributed by atoms with Crippen LogP contribution < -0.4 is 0 Å². The number of fused-ring (bicyclic) bond motifs is 6. The van der Waals surface area contributed by atoms with E-state index >= 15 is 0 Å². The molecule has 0 aliphatic rings. The van der Waals surface area contributed by atoms with E-state index in [1.807, 2.05) is 24.7 Å². The van der Waals surface area contributed by atoms with Gasteiger partial charge in [-0.2, -0.15) is 0 Å². The van der Waals surface area contributed by atoms with Crippen LogP contribution in [0.3, 0.4) is 0 Å². The van der Waals surface area contributed by atoms with Gasteiger partial charge in [0.1, 0.15) is 0 Å². The van der Waals surface area contributed by atoms with Crippen LogP contribution in [0.4, 0.5) is 0 Å². The highest BCUT2D eigenvalue weighted by atomic mass is 15.0. The Kier molecular flexibility index (Phi) is 6.04. The van der Waals surface area contributed by atoms with E-state index in [2.05, 4.69) is 150 Å². The Morgan fingerprint density at radius 3 is 1.98 bits per heavy atom. The minimum atomic E-state index is 0.956. The molecule has 9 rings (SSSR count). The summed E-state index contributed by atoms with van der Waals surface area (Å²) in [5.41, 5.74) is 11.4. The van der Waals surface area contributed by atoms with Crippen LogP contribution in [0.5, 0.6) is 0 Å². The van der Waals surface area contributed by atoms with Crippen molar-refractivity contribution in [3.63, 3.8) is 0 Å². The Hall–Kier alpha value is -6.06. The fourth-order valence-corrected chi connectivity index (χ4v) is 6.89. The molecule has 216 valence electrons. The number of para-hydroxylation sites is 1. The lowest BCUT2D eigenvalue weighted by Crippen LogP contribution is -1.94. The van der Waals surface area contributed by atoms with Crippen LogP contribution in [-0.2, 0) is 0 Å². The van der Waals surface area contributed by atoms with Gasteiger partial charge in [-0.25, -0.2) is 0 Å². The molecule has 46 heavy (non-hydrogen) atoms. The summed E-state index contributed by atoms with van der Waals surface area (Å²) in [5, 5.41) is 7.47. The Balaban J connectivity index is 1.22. The summed E-state index contributed by atoms with van der Waals surface area (Å²) in [4.78, 5) is 9.08. The van der Waals surface area contributed by atoms with Crippen molar-refractivity contribution in [3.8, 4) is 39.2 Å². The van der Waals surface area contributed by atoms with Gasteiger partial charge in [0, 0.05) is 51.6 Å². The van der Waals surface area contributed by atoms with Crippen LogP contribution in [-0.4, -0.2) is 14.5 Å². The standard InChI is InChI=1S/C43H29N3/c1-28-26-44-22-21-37(28)41-20-16-35(27-45-41)33-14-18-39-40-19-15-34-24-32(31-12-11-29-7-5-6-8-30(29)23-31)13-17-38(34)43(40)46(42(39)25-33)36-9-3-2-4-10-36/h2-27H,1H3. The Morgan fingerprint density at radius 1 is 0.500 bits per heavy atom. The predicted molar refractivity (Wildman–Crippen MR) is 192 cm³/mol. The molecule has 0 radical (unpaired) electrons. The third kappa shape index (κ3) is 4.28. The monoisotopic (exact) mass is 587 g/mol. The zero-order valence-electron chi connectivity index (χ0n) is 25.4. The summed E-state index contributed by atoms with van der Waals surface area (Å²) >= 11 is 0. The van der Waals surface area contributed by atoms with Crippen LogP contribution in [0, 0.1) is 6.92 Å². The van der Waals surface area contributed by atoms with Crippen molar-refractivity contribution in [2.45, 2.75) is 6.92 Å². The summed E-state index contributed by atoms with van der Waals surface area (Å²) in [7, 11) is 0. The second kappa shape index (κ2) is 10.5. The van der Waals surface area contributed by atoms with E-state index in [1.54, 1.807) is 0 Å². The minimum absolute atomic E-state index is 0.956. The molecule has 3 heteroatoms. The SMILES string of the molecule is Cc1cnccc1-c1ccc(-c2ccc3c4ccc5cc(-c6ccc7ccccc7c6)ccc5c4n(-c4ccccc4)c3c2)cn1. The van der Waals surface area contributed by atoms with Gasteiger partial charge in [-0.1, -0.05) is 97.1 Å². The highest BCUT2D eigenvalue weighted by Crippen LogP contribution is 2.39. The lowest BCUT2D eigenvalue weighted by atomic mass is 9.97. The van der Waals surface area contributed by atoms with Gasteiger partial charge in [-0.05, 0) is 87.8 Å². The summed E-state index contributed by atoms with van der Waals surface area (Å²) in [6.45, 7) is 2.07. The van der Waals surface area contributed by atoms with E-state index in [0.29, 0.717) is 0 Å². The number of hydrogen-bond donors (Lipinski definition) is 0. The lowest BCUT2D eigenvalue weighted by Gasteiger charge is -2.12. The summed E-state index contributed by atoms with van der Waals surface area (Å²) in [6, 6.07) is 50.5. The van der Waals surface area contributed by atoms with Gasteiger partial charge in [0.25, 0.3) is 0 Å².